The van der Waals surface area contributed by atoms with E-state index in [4.69, 9.17) is 0 Å². The number of anilines is 1. The molecular formula is C12H13N7O2S2. The quantitative estimate of drug-likeness (QED) is 0.737. The van der Waals surface area contributed by atoms with Crippen LogP contribution in [0.3, 0.4) is 0 Å². The highest BCUT2D eigenvalue weighted by Crippen LogP contribution is 2.22. The van der Waals surface area contributed by atoms with E-state index in [0.717, 1.165) is 14.4 Å². The molecule has 23 heavy (non-hydrogen) atoms. The zero-order valence-electron chi connectivity index (χ0n) is 12.3. The van der Waals surface area contributed by atoms with Gasteiger partial charge < -0.3 is 0 Å². The minimum atomic E-state index is -0.470. The van der Waals surface area contributed by atoms with Gasteiger partial charge in [-0.3, -0.25) is 10.1 Å². The summed E-state index contributed by atoms with van der Waals surface area (Å²) in [5.74, 6) is -0.164. The third kappa shape index (κ3) is 3.35. The van der Waals surface area contributed by atoms with Gasteiger partial charge >= 0.3 is 5.69 Å². The van der Waals surface area contributed by atoms with Crippen molar-refractivity contribution in [3.05, 3.63) is 33.0 Å². The van der Waals surface area contributed by atoms with E-state index in [1.807, 2.05) is 19.2 Å². The molecular weight excluding hydrogens is 338 g/mol. The van der Waals surface area contributed by atoms with Crippen molar-refractivity contribution in [1.82, 2.24) is 30.0 Å². The zero-order valence-corrected chi connectivity index (χ0v) is 14.0. The second kappa shape index (κ2) is 6.38. The fraction of sp³-hybridized carbons (Fsp3) is 0.333. The number of amides is 1. The molecule has 0 aliphatic rings. The van der Waals surface area contributed by atoms with E-state index in [-0.39, 0.29) is 12.5 Å². The van der Waals surface area contributed by atoms with Gasteiger partial charge in [0.25, 0.3) is 0 Å². The lowest BCUT2D eigenvalue weighted by Crippen LogP contribution is -2.29. The van der Waals surface area contributed by atoms with Gasteiger partial charge in [-0.2, -0.15) is 9.36 Å². The summed E-state index contributed by atoms with van der Waals surface area (Å²) in [6.45, 7) is 3.75. The van der Waals surface area contributed by atoms with Gasteiger partial charge in [0.2, 0.25) is 11.0 Å². The molecule has 0 fully saturated rings. The van der Waals surface area contributed by atoms with E-state index in [9.17, 15) is 9.59 Å². The van der Waals surface area contributed by atoms with E-state index >= 15 is 0 Å². The fourth-order valence-electron chi connectivity index (χ4n) is 1.72. The standard InChI is InChI=1S/C12H13N7O2S2/c1-7(2)10-14-15-11(23-10)13-8(20)6-18-12(21)19(17-16-18)9-4-3-5-22-9/h3-5,7H,6H2,1-2H3,(H,13,15,20). The number of hydrogen-bond donors (Lipinski definition) is 1. The van der Waals surface area contributed by atoms with Crippen LogP contribution >= 0.6 is 22.7 Å². The second-order valence-electron chi connectivity index (χ2n) is 4.93. The highest BCUT2D eigenvalue weighted by molar-refractivity contribution is 7.15. The van der Waals surface area contributed by atoms with Crippen LogP contribution in [0, 0.1) is 0 Å². The normalized spacial score (nSPS) is 11.1. The predicted molar refractivity (Wildman–Crippen MR) is 86.1 cm³/mol. The Bertz CT molecular complexity index is 862. The van der Waals surface area contributed by atoms with Crippen molar-refractivity contribution in [3.63, 3.8) is 0 Å². The first-order valence-electron chi connectivity index (χ1n) is 6.74. The summed E-state index contributed by atoms with van der Waals surface area (Å²) >= 11 is 2.67. The van der Waals surface area contributed by atoms with Gasteiger partial charge in [-0.15, -0.1) is 21.5 Å². The molecule has 0 aromatic carbocycles. The van der Waals surface area contributed by atoms with E-state index in [1.165, 1.54) is 22.7 Å². The van der Waals surface area contributed by atoms with Crippen molar-refractivity contribution in [2.45, 2.75) is 26.3 Å². The third-order valence-electron chi connectivity index (χ3n) is 2.83. The smallest absolute Gasteiger partial charge is 0.299 e. The van der Waals surface area contributed by atoms with Gasteiger partial charge in [0.1, 0.15) is 16.6 Å². The Labute approximate surface area is 138 Å². The lowest BCUT2D eigenvalue weighted by molar-refractivity contribution is -0.117. The largest absolute Gasteiger partial charge is 0.369 e. The molecule has 0 atom stereocenters. The molecule has 1 N–H and O–H groups in total. The van der Waals surface area contributed by atoms with Crippen LogP contribution in [0.2, 0.25) is 0 Å². The molecule has 0 spiro atoms. The molecule has 3 heterocycles. The summed E-state index contributed by atoms with van der Waals surface area (Å²) < 4.78 is 2.15. The number of aromatic nitrogens is 6. The van der Waals surface area contributed by atoms with Gasteiger partial charge in [-0.05, 0) is 27.9 Å². The van der Waals surface area contributed by atoms with Crippen LogP contribution in [0.4, 0.5) is 5.13 Å². The molecule has 0 saturated carbocycles. The molecule has 120 valence electrons. The van der Waals surface area contributed by atoms with Crippen LogP contribution in [0.15, 0.2) is 22.3 Å². The Hall–Kier alpha value is -2.40. The maximum atomic E-state index is 12.2. The van der Waals surface area contributed by atoms with Crippen molar-refractivity contribution < 1.29 is 4.79 Å². The van der Waals surface area contributed by atoms with Crippen molar-refractivity contribution >= 4 is 33.7 Å². The first-order chi connectivity index (χ1) is 11.0. The molecule has 0 unspecified atom stereocenters. The molecule has 9 nitrogen and oxygen atoms in total. The molecule has 0 radical (unpaired) electrons. The minimum absolute atomic E-state index is 0.235. The molecule has 3 rings (SSSR count). The summed E-state index contributed by atoms with van der Waals surface area (Å²) in [4.78, 5) is 24.2. The summed E-state index contributed by atoms with van der Waals surface area (Å²) in [6, 6.07) is 3.56. The Balaban J connectivity index is 1.69. The van der Waals surface area contributed by atoms with E-state index in [1.54, 1.807) is 12.1 Å². The average Bonchev–Trinajstić information content (AvgIpc) is 3.21. The Kier molecular flexibility index (Phi) is 4.30. The van der Waals surface area contributed by atoms with Gasteiger partial charge in [0.05, 0.1) is 0 Å². The van der Waals surface area contributed by atoms with Crippen LogP contribution in [-0.4, -0.2) is 35.9 Å². The summed E-state index contributed by atoms with van der Waals surface area (Å²) in [5.41, 5.74) is -0.470. The number of hydrogen-bond acceptors (Lipinski definition) is 8. The number of thiophene rings is 1. The average molecular weight is 351 g/mol. The lowest BCUT2D eigenvalue weighted by atomic mass is 10.2. The Morgan fingerprint density at radius 3 is 2.83 bits per heavy atom. The number of carbonyl (C=O) groups is 1. The molecule has 0 aliphatic carbocycles. The van der Waals surface area contributed by atoms with Gasteiger partial charge in [0, 0.05) is 5.92 Å². The SMILES string of the molecule is CC(C)c1nnc(NC(=O)Cn2nnn(-c3cccs3)c2=O)s1. The molecule has 3 aromatic heterocycles. The van der Waals surface area contributed by atoms with E-state index in [0.29, 0.717) is 10.1 Å². The number of tetrazole rings is 1. The van der Waals surface area contributed by atoms with Crippen LogP contribution in [0.1, 0.15) is 24.8 Å². The molecule has 0 bridgehead atoms. The van der Waals surface area contributed by atoms with Crippen LogP contribution in [0.25, 0.3) is 5.00 Å². The van der Waals surface area contributed by atoms with E-state index < -0.39 is 11.6 Å². The summed E-state index contributed by atoms with van der Waals surface area (Å²) in [6.07, 6.45) is 0. The zero-order chi connectivity index (χ0) is 16.4. The lowest BCUT2D eigenvalue weighted by Gasteiger charge is -1.99. The number of nitrogens with one attached hydrogen (secondary N) is 1. The van der Waals surface area contributed by atoms with Crippen molar-refractivity contribution in [2.24, 2.45) is 0 Å². The molecule has 0 aliphatic heterocycles. The first kappa shape index (κ1) is 15.5. The topological polar surface area (TPSA) is 108 Å². The highest BCUT2D eigenvalue weighted by atomic mass is 32.1. The molecule has 3 aromatic rings. The number of rotatable bonds is 5. The van der Waals surface area contributed by atoms with Gasteiger partial charge in [-0.25, -0.2) is 4.79 Å². The number of carbonyl (C=O) groups excluding carboxylic acids is 1. The van der Waals surface area contributed by atoms with Crippen LogP contribution < -0.4 is 11.0 Å². The Morgan fingerprint density at radius 2 is 2.17 bits per heavy atom. The predicted octanol–water partition coefficient (Wildman–Crippen LogP) is 1.10. The third-order valence-corrected chi connectivity index (χ3v) is 4.81. The maximum Gasteiger partial charge on any atom is 0.369 e. The maximum absolute atomic E-state index is 12.2. The van der Waals surface area contributed by atoms with Crippen molar-refractivity contribution in [2.75, 3.05) is 5.32 Å². The fourth-order valence-corrected chi connectivity index (χ4v) is 3.15. The summed E-state index contributed by atoms with van der Waals surface area (Å²) in [7, 11) is 0. The highest BCUT2D eigenvalue weighted by Gasteiger charge is 2.15. The van der Waals surface area contributed by atoms with Crippen molar-refractivity contribution in [1.29, 1.82) is 0 Å². The molecule has 11 heteroatoms. The second-order valence-corrected chi connectivity index (χ2v) is 6.87. The van der Waals surface area contributed by atoms with Crippen LogP contribution in [0.5, 0.6) is 0 Å². The first-order valence-corrected chi connectivity index (χ1v) is 8.44. The molecule has 1 amide bonds. The van der Waals surface area contributed by atoms with Crippen LogP contribution in [-0.2, 0) is 11.3 Å². The summed E-state index contributed by atoms with van der Waals surface area (Å²) in [5, 5.41) is 21.7. The van der Waals surface area contributed by atoms with Crippen molar-refractivity contribution in [3.8, 4) is 5.00 Å². The van der Waals surface area contributed by atoms with Gasteiger partial charge in [0.15, 0.2) is 0 Å². The van der Waals surface area contributed by atoms with Gasteiger partial charge in [-0.1, -0.05) is 25.2 Å². The molecule has 0 saturated heterocycles. The number of nitrogens with zero attached hydrogens (tertiary/aromatic N) is 6. The minimum Gasteiger partial charge on any atom is -0.299 e. The Morgan fingerprint density at radius 1 is 1.35 bits per heavy atom. The monoisotopic (exact) mass is 351 g/mol. The van der Waals surface area contributed by atoms with E-state index in [2.05, 4.69) is 25.9 Å².